The monoisotopic (exact) mass is 561 g/mol. The minimum Gasteiger partial charge on any atom is -0.494 e. The molecule has 0 saturated carbocycles. The smallest absolute Gasteiger partial charge is 0.250 e. The topological polar surface area (TPSA) is 112 Å². The zero-order valence-electron chi connectivity index (χ0n) is 22.8. The number of nitrogens with two attached hydrogens (primary N) is 1. The number of rotatable bonds is 8. The summed E-state index contributed by atoms with van der Waals surface area (Å²) in [6.45, 7) is 3.27. The number of aromatic nitrogens is 2. The minimum absolute atomic E-state index is 0.177. The van der Waals surface area contributed by atoms with Gasteiger partial charge in [0.05, 0.1) is 47.6 Å². The van der Waals surface area contributed by atoms with Gasteiger partial charge in [-0.3, -0.25) is 14.7 Å². The number of primary amides is 1. The van der Waals surface area contributed by atoms with E-state index >= 15 is 0 Å². The van der Waals surface area contributed by atoms with Crippen LogP contribution in [0.1, 0.15) is 29.6 Å². The van der Waals surface area contributed by atoms with Crippen molar-refractivity contribution in [2.75, 3.05) is 48.8 Å². The van der Waals surface area contributed by atoms with E-state index < -0.39 is 17.9 Å². The summed E-state index contributed by atoms with van der Waals surface area (Å²) >= 11 is 0. The molecule has 41 heavy (non-hydrogen) atoms. The Labute approximate surface area is 236 Å². The number of hydrogen-bond acceptors (Lipinski definition) is 7. The first kappa shape index (κ1) is 26.8. The number of nitrogens with one attached hydrogen (secondary N) is 3. The predicted molar refractivity (Wildman–Crippen MR) is 157 cm³/mol. The minimum atomic E-state index is -0.683. The zero-order chi connectivity index (χ0) is 28.5. The van der Waals surface area contributed by atoms with Gasteiger partial charge in [0.2, 0.25) is 0 Å². The van der Waals surface area contributed by atoms with Crippen molar-refractivity contribution >= 4 is 45.4 Å². The molecule has 0 bridgehead atoms. The number of nitrogens with zero attached hydrogens (tertiary/aromatic N) is 3. The van der Waals surface area contributed by atoms with E-state index in [9.17, 15) is 13.6 Å². The summed E-state index contributed by atoms with van der Waals surface area (Å²) in [5, 5.41) is 7.28. The van der Waals surface area contributed by atoms with E-state index in [2.05, 4.69) is 36.5 Å². The van der Waals surface area contributed by atoms with Crippen molar-refractivity contribution in [1.82, 2.24) is 14.9 Å². The number of carbonyl (C=O) groups excluding carboxylic acids is 1. The number of carbonyl (C=O) groups is 1. The van der Waals surface area contributed by atoms with E-state index in [-0.39, 0.29) is 11.3 Å². The molecule has 9 nitrogen and oxygen atoms in total. The van der Waals surface area contributed by atoms with E-state index in [0.717, 1.165) is 54.8 Å². The highest BCUT2D eigenvalue weighted by Crippen LogP contribution is 2.36. The lowest BCUT2D eigenvalue weighted by Crippen LogP contribution is -2.44. The highest BCUT2D eigenvalue weighted by molar-refractivity contribution is 6.02. The maximum absolute atomic E-state index is 13.9. The van der Waals surface area contributed by atoms with Crippen LogP contribution in [0.25, 0.3) is 10.9 Å². The van der Waals surface area contributed by atoms with Crippen LogP contribution in [0.5, 0.6) is 5.75 Å². The Balaban J connectivity index is 1.18. The molecule has 0 aliphatic carbocycles. The lowest BCUT2D eigenvalue weighted by atomic mass is 10.0. The number of ether oxygens (including phenoxy) is 1. The fourth-order valence-corrected chi connectivity index (χ4v) is 5.89. The number of halogens is 2. The van der Waals surface area contributed by atoms with Crippen LogP contribution >= 0.6 is 0 Å². The Hall–Kier alpha value is -4.38. The Kier molecular flexibility index (Phi) is 7.36. The molecule has 214 valence electrons. The second kappa shape index (κ2) is 11.2. The van der Waals surface area contributed by atoms with Gasteiger partial charge in [0.15, 0.2) is 0 Å². The maximum atomic E-state index is 13.9. The van der Waals surface area contributed by atoms with E-state index in [4.69, 9.17) is 10.5 Å². The van der Waals surface area contributed by atoms with E-state index in [1.165, 1.54) is 18.2 Å². The standard InChI is InChI=1S/C30H33F2N7O2/c1-41-28-13-21(38-10-7-20(8-11-38)39-9-6-19(32)17-39)3-5-24(28)36-29-14-23-26(15-34-16-27(23)37-29)35-25-12-18(31)2-4-22(25)30(33)40/h2-5,12-16,19-20,35-37H,6-11,17H2,1H3,(H2,33,40)/t19-/m0/s1. The average Bonchev–Trinajstić information content (AvgIpc) is 3.59. The van der Waals surface area contributed by atoms with Crippen molar-refractivity contribution in [2.45, 2.75) is 31.5 Å². The van der Waals surface area contributed by atoms with Gasteiger partial charge in [-0.25, -0.2) is 8.78 Å². The van der Waals surface area contributed by atoms with Gasteiger partial charge in [0.1, 0.15) is 23.6 Å². The molecule has 5 N–H and O–H groups in total. The number of H-pyrrole nitrogens is 1. The van der Waals surface area contributed by atoms with E-state index in [1.807, 2.05) is 18.2 Å². The number of hydrogen-bond donors (Lipinski definition) is 4. The third kappa shape index (κ3) is 5.62. The van der Waals surface area contributed by atoms with Gasteiger partial charge >= 0.3 is 0 Å². The molecular formula is C30H33F2N7O2. The number of fused-ring (bicyclic) bond motifs is 1. The molecular weight excluding hydrogens is 528 g/mol. The second-order valence-electron chi connectivity index (χ2n) is 10.6. The van der Waals surface area contributed by atoms with Gasteiger partial charge in [-0.15, -0.1) is 0 Å². The van der Waals surface area contributed by atoms with Gasteiger partial charge in [-0.2, -0.15) is 0 Å². The number of likely N-dealkylation sites (tertiary alicyclic amines) is 1. The number of amides is 1. The van der Waals surface area contributed by atoms with E-state index in [0.29, 0.717) is 36.3 Å². The molecule has 4 heterocycles. The third-order valence-electron chi connectivity index (χ3n) is 8.02. The molecule has 1 atom stereocenters. The average molecular weight is 562 g/mol. The van der Waals surface area contributed by atoms with Crippen LogP contribution < -0.4 is 26.0 Å². The molecule has 11 heteroatoms. The first-order valence-electron chi connectivity index (χ1n) is 13.8. The molecule has 2 aromatic heterocycles. The van der Waals surface area contributed by atoms with Crippen molar-refractivity contribution in [3.05, 3.63) is 66.2 Å². The SMILES string of the molecule is COc1cc(N2CCC(N3CC[C@H](F)C3)CC2)ccc1Nc1cc2c(Nc3cc(F)ccc3C(N)=O)cncc2[nH]1. The largest absolute Gasteiger partial charge is 0.494 e. The van der Waals surface area contributed by atoms with Crippen LogP contribution in [0.4, 0.5) is 37.3 Å². The number of alkyl halides is 1. The predicted octanol–water partition coefficient (Wildman–Crippen LogP) is 5.31. The van der Waals surface area contributed by atoms with Crippen molar-refractivity contribution < 1.29 is 18.3 Å². The lowest BCUT2D eigenvalue weighted by molar-refractivity contribution is 0.100. The highest BCUT2D eigenvalue weighted by Gasteiger charge is 2.30. The molecule has 2 fully saturated rings. The summed E-state index contributed by atoms with van der Waals surface area (Å²) in [5.74, 6) is 0.250. The van der Waals surface area contributed by atoms with Crippen LogP contribution in [0, 0.1) is 5.82 Å². The van der Waals surface area contributed by atoms with Crippen LogP contribution in [0.2, 0.25) is 0 Å². The number of piperidine rings is 1. The fourth-order valence-electron chi connectivity index (χ4n) is 5.89. The fraction of sp³-hybridized carbons (Fsp3) is 0.333. The summed E-state index contributed by atoms with van der Waals surface area (Å²) in [4.78, 5) is 24.1. The molecule has 2 aliphatic heterocycles. The van der Waals surface area contributed by atoms with Crippen LogP contribution in [0.15, 0.2) is 54.9 Å². The second-order valence-corrected chi connectivity index (χ2v) is 10.6. The number of pyridine rings is 1. The number of benzene rings is 2. The normalized spacial score (nSPS) is 18.1. The van der Waals surface area contributed by atoms with Crippen molar-refractivity contribution in [2.24, 2.45) is 5.73 Å². The summed E-state index contributed by atoms with van der Waals surface area (Å²) in [7, 11) is 1.64. The highest BCUT2D eigenvalue weighted by atomic mass is 19.1. The van der Waals surface area contributed by atoms with Gasteiger partial charge in [-0.1, -0.05) is 0 Å². The summed E-state index contributed by atoms with van der Waals surface area (Å²) in [6.07, 6.45) is 5.30. The first-order chi connectivity index (χ1) is 19.9. The molecule has 0 spiro atoms. The Morgan fingerprint density at radius 1 is 1.02 bits per heavy atom. The van der Waals surface area contributed by atoms with Gasteiger partial charge in [0, 0.05) is 49.4 Å². The molecule has 0 radical (unpaired) electrons. The Morgan fingerprint density at radius 2 is 1.85 bits per heavy atom. The lowest BCUT2D eigenvalue weighted by Gasteiger charge is -2.38. The summed E-state index contributed by atoms with van der Waals surface area (Å²) in [5.41, 5.74) is 9.11. The third-order valence-corrected chi connectivity index (χ3v) is 8.02. The van der Waals surface area contributed by atoms with Gasteiger partial charge < -0.3 is 31.0 Å². The molecule has 1 amide bonds. The number of methoxy groups -OCH3 is 1. The summed E-state index contributed by atoms with van der Waals surface area (Å²) < 4.78 is 33.3. The van der Waals surface area contributed by atoms with Crippen LogP contribution in [-0.2, 0) is 0 Å². The molecule has 6 rings (SSSR count). The van der Waals surface area contributed by atoms with Crippen molar-refractivity contribution in [1.29, 1.82) is 0 Å². The molecule has 2 saturated heterocycles. The maximum Gasteiger partial charge on any atom is 0.250 e. The molecule has 2 aromatic carbocycles. The first-order valence-corrected chi connectivity index (χ1v) is 13.8. The summed E-state index contributed by atoms with van der Waals surface area (Å²) in [6, 6.07) is 12.2. The van der Waals surface area contributed by atoms with Crippen LogP contribution in [-0.4, -0.2) is 66.3 Å². The number of anilines is 5. The molecule has 4 aromatic rings. The van der Waals surface area contributed by atoms with Crippen LogP contribution in [0.3, 0.4) is 0 Å². The van der Waals surface area contributed by atoms with Crippen molar-refractivity contribution in [3.63, 3.8) is 0 Å². The number of aromatic amines is 1. The quantitative estimate of drug-likeness (QED) is 0.231. The Bertz CT molecular complexity index is 1570. The van der Waals surface area contributed by atoms with Gasteiger partial charge in [0.25, 0.3) is 5.91 Å². The molecule has 0 unspecified atom stereocenters. The van der Waals surface area contributed by atoms with E-state index in [1.54, 1.807) is 19.5 Å². The molecule has 2 aliphatic rings. The zero-order valence-corrected chi connectivity index (χ0v) is 22.8. The Morgan fingerprint density at radius 3 is 2.59 bits per heavy atom. The van der Waals surface area contributed by atoms with Gasteiger partial charge in [-0.05, 0) is 55.7 Å². The van der Waals surface area contributed by atoms with Crippen molar-refractivity contribution in [3.8, 4) is 5.75 Å².